The first-order valence-corrected chi connectivity index (χ1v) is 12.7. The second-order valence-corrected chi connectivity index (χ2v) is 9.38. The molecule has 2 amide bonds. The van der Waals surface area contributed by atoms with Gasteiger partial charge in [-0.1, -0.05) is 78.9 Å². The molecule has 0 spiro atoms. The predicted molar refractivity (Wildman–Crippen MR) is 147 cm³/mol. The normalized spacial score (nSPS) is 12.8. The number of nitrogens with zero attached hydrogens (tertiary/aromatic N) is 3. The average Bonchev–Trinajstić information content (AvgIpc) is 3.21. The largest absolute Gasteiger partial charge is 0.296 e. The van der Waals surface area contributed by atoms with Crippen molar-refractivity contribution in [2.45, 2.75) is 19.4 Å². The lowest BCUT2D eigenvalue weighted by Crippen LogP contribution is -2.34. The molecule has 0 saturated heterocycles. The lowest BCUT2D eigenvalue weighted by atomic mass is 10.0. The maximum atomic E-state index is 13.5. The Morgan fingerprint density at radius 2 is 1.26 bits per heavy atom. The summed E-state index contributed by atoms with van der Waals surface area (Å²) < 4.78 is 1.69. The summed E-state index contributed by atoms with van der Waals surface area (Å²) in [7, 11) is 0. The lowest BCUT2D eigenvalue weighted by Gasteiger charge is -2.17. The summed E-state index contributed by atoms with van der Waals surface area (Å²) in [5.74, 6) is -0.0551. The Bertz CT molecular complexity index is 1710. The van der Waals surface area contributed by atoms with E-state index >= 15 is 0 Å². The molecule has 0 aliphatic carbocycles. The average molecular weight is 500 g/mol. The van der Waals surface area contributed by atoms with Crippen molar-refractivity contribution in [3.05, 3.63) is 136 Å². The maximum absolute atomic E-state index is 13.5. The number of carbonyl (C=O) groups is 2. The molecule has 6 heteroatoms. The first kappa shape index (κ1) is 23.6. The van der Waals surface area contributed by atoms with Crippen molar-refractivity contribution in [3.63, 3.8) is 0 Å². The Labute approximate surface area is 219 Å². The molecule has 6 rings (SSSR count). The number of carbonyl (C=O) groups excluding carboxylic acids is 2. The van der Waals surface area contributed by atoms with E-state index < -0.39 is 0 Å². The zero-order chi connectivity index (χ0) is 26.1. The zero-order valence-electron chi connectivity index (χ0n) is 20.7. The lowest BCUT2D eigenvalue weighted by molar-refractivity contribution is 0.0655. The monoisotopic (exact) mass is 499 g/mol. The SMILES string of the molecule is O=C1c2ccccc2C(=O)N1CCc1nc2ccccc2c(=O)n1CCc1cccc(-c2ccccc2)c1. The van der Waals surface area contributed by atoms with Crippen molar-refractivity contribution in [2.24, 2.45) is 0 Å². The van der Waals surface area contributed by atoms with E-state index in [9.17, 15) is 14.4 Å². The standard InChI is InChI=1S/C32H25N3O3/c36-30-25-13-4-5-14-26(25)31(37)35(30)20-18-29-33-28-16-7-6-15-27(28)32(38)34(29)19-17-22-9-8-12-24(21-22)23-10-2-1-3-11-23/h1-16,21H,17-20H2. The predicted octanol–water partition coefficient (Wildman–Crippen LogP) is 5.14. The third-order valence-corrected chi connectivity index (χ3v) is 7.04. The van der Waals surface area contributed by atoms with Gasteiger partial charge in [-0.3, -0.25) is 23.9 Å². The number of benzene rings is 4. The van der Waals surface area contributed by atoms with Gasteiger partial charge in [0.15, 0.2) is 0 Å². The van der Waals surface area contributed by atoms with Gasteiger partial charge < -0.3 is 0 Å². The van der Waals surface area contributed by atoms with Crippen LogP contribution in [-0.4, -0.2) is 32.8 Å². The fourth-order valence-corrected chi connectivity index (χ4v) is 5.07. The van der Waals surface area contributed by atoms with Crippen LogP contribution in [0.2, 0.25) is 0 Å². The molecule has 0 N–H and O–H groups in total. The fourth-order valence-electron chi connectivity index (χ4n) is 5.07. The van der Waals surface area contributed by atoms with Crippen LogP contribution in [-0.2, 0) is 19.4 Å². The molecule has 2 heterocycles. The van der Waals surface area contributed by atoms with Gasteiger partial charge in [-0.2, -0.15) is 0 Å². The summed E-state index contributed by atoms with van der Waals surface area (Å²) in [5, 5.41) is 0.551. The molecule has 0 unspecified atom stereocenters. The van der Waals surface area contributed by atoms with Crippen molar-refractivity contribution in [3.8, 4) is 11.1 Å². The van der Waals surface area contributed by atoms with Gasteiger partial charge in [0.1, 0.15) is 5.82 Å². The topological polar surface area (TPSA) is 72.3 Å². The molecule has 1 aromatic heterocycles. The van der Waals surface area contributed by atoms with Crippen molar-refractivity contribution in [2.75, 3.05) is 6.54 Å². The van der Waals surface area contributed by atoms with Gasteiger partial charge in [0.2, 0.25) is 0 Å². The Morgan fingerprint density at radius 1 is 0.605 bits per heavy atom. The van der Waals surface area contributed by atoms with E-state index in [0.717, 1.165) is 16.7 Å². The Morgan fingerprint density at radius 3 is 2.03 bits per heavy atom. The van der Waals surface area contributed by atoms with Crippen molar-refractivity contribution < 1.29 is 9.59 Å². The molecule has 1 aliphatic heterocycles. The van der Waals surface area contributed by atoms with Gasteiger partial charge in [0, 0.05) is 19.5 Å². The minimum Gasteiger partial charge on any atom is -0.296 e. The highest BCUT2D eigenvalue weighted by molar-refractivity contribution is 6.21. The van der Waals surface area contributed by atoms with Crippen molar-refractivity contribution in [1.29, 1.82) is 0 Å². The molecule has 4 aromatic carbocycles. The first-order valence-electron chi connectivity index (χ1n) is 12.7. The number of aromatic nitrogens is 2. The van der Waals surface area contributed by atoms with E-state index in [0.29, 0.717) is 40.8 Å². The molecule has 0 fully saturated rings. The fraction of sp³-hybridized carbons (Fsp3) is 0.125. The van der Waals surface area contributed by atoms with Crippen LogP contribution < -0.4 is 5.56 Å². The first-order chi connectivity index (χ1) is 18.6. The summed E-state index contributed by atoms with van der Waals surface area (Å²) in [5.41, 5.74) is 4.69. The molecule has 38 heavy (non-hydrogen) atoms. The Hall–Kier alpha value is -4.84. The Kier molecular flexibility index (Phi) is 6.14. The highest BCUT2D eigenvalue weighted by Crippen LogP contribution is 2.23. The number of hydrogen-bond acceptors (Lipinski definition) is 4. The van der Waals surface area contributed by atoms with Crippen LogP contribution in [0, 0.1) is 0 Å². The number of aryl methyl sites for hydroxylation is 1. The van der Waals surface area contributed by atoms with E-state index in [1.165, 1.54) is 4.90 Å². The Balaban J connectivity index is 1.29. The number of fused-ring (bicyclic) bond motifs is 2. The smallest absolute Gasteiger partial charge is 0.261 e. The van der Waals surface area contributed by atoms with Gasteiger partial charge in [-0.05, 0) is 47.4 Å². The molecule has 5 aromatic rings. The van der Waals surface area contributed by atoms with Crippen LogP contribution in [0.15, 0.2) is 108 Å². The van der Waals surface area contributed by atoms with Crippen LogP contribution in [0.3, 0.4) is 0 Å². The molecule has 1 aliphatic rings. The van der Waals surface area contributed by atoms with E-state index in [1.807, 2.05) is 42.5 Å². The van der Waals surface area contributed by atoms with Crippen molar-refractivity contribution in [1.82, 2.24) is 14.5 Å². The van der Waals surface area contributed by atoms with Crippen molar-refractivity contribution >= 4 is 22.7 Å². The molecule has 6 nitrogen and oxygen atoms in total. The number of amides is 2. The van der Waals surface area contributed by atoms with Crippen LogP contribution in [0.4, 0.5) is 0 Å². The summed E-state index contributed by atoms with van der Waals surface area (Å²) in [6.07, 6.45) is 0.927. The van der Waals surface area contributed by atoms with Gasteiger partial charge >= 0.3 is 0 Å². The summed E-state index contributed by atoms with van der Waals surface area (Å²) in [4.78, 5) is 45.3. The second-order valence-electron chi connectivity index (χ2n) is 9.38. The third kappa shape index (κ3) is 4.30. The van der Waals surface area contributed by atoms with E-state index in [2.05, 4.69) is 30.3 Å². The maximum Gasteiger partial charge on any atom is 0.261 e. The minimum absolute atomic E-state index is 0.118. The van der Waals surface area contributed by atoms with Gasteiger partial charge in [0.25, 0.3) is 17.4 Å². The van der Waals surface area contributed by atoms with E-state index in [-0.39, 0.29) is 30.3 Å². The van der Waals surface area contributed by atoms with Crippen LogP contribution >= 0.6 is 0 Å². The molecule has 0 bridgehead atoms. The number of imide groups is 1. The molecule has 0 radical (unpaired) electrons. The van der Waals surface area contributed by atoms with E-state index in [1.54, 1.807) is 34.9 Å². The van der Waals surface area contributed by atoms with Crippen LogP contribution in [0.5, 0.6) is 0 Å². The molecular weight excluding hydrogens is 474 g/mol. The molecular formula is C32H25N3O3. The zero-order valence-corrected chi connectivity index (χ0v) is 20.7. The van der Waals surface area contributed by atoms with E-state index in [4.69, 9.17) is 4.98 Å². The van der Waals surface area contributed by atoms with Gasteiger partial charge in [0.05, 0.1) is 22.0 Å². The molecule has 0 atom stereocenters. The highest BCUT2D eigenvalue weighted by atomic mass is 16.2. The van der Waals surface area contributed by atoms with Gasteiger partial charge in [-0.25, -0.2) is 4.98 Å². The third-order valence-electron chi connectivity index (χ3n) is 7.04. The highest BCUT2D eigenvalue weighted by Gasteiger charge is 2.34. The van der Waals surface area contributed by atoms with Crippen LogP contribution in [0.1, 0.15) is 32.1 Å². The van der Waals surface area contributed by atoms with Gasteiger partial charge in [-0.15, -0.1) is 0 Å². The number of rotatable bonds is 7. The minimum atomic E-state index is -0.307. The summed E-state index contributed by atoms with van der Waals surface area (Å²) in [6, 6.07) is 32.6. The second kappa shape index (κ2) is 9.90. The quantitative estimate of drug-likeness (QED) is 0.291. The molecule has 186 valence electrons. The summed E-state index contributed by atoms with van der Waals surface area (Å²) >= 11 is 0. The molecule has 0 saturated carbocycles. The number of para-hydroxylation sites is 1. The summed E-state index contributed by atoms with van der Waals surface area (Å²) in [6.45, 7) is 0.590. The van der Waals surface area contributed by atoms with Crippen LogP contribution in [0.25, 0.3) is 22.0 Å². The number of hydrogen-bond donors (Lipinski definition) is 0.